The van der Waals surface area contributed by atoms with Gasteiger partial charge in [-0.1, -0.05) is 67.9 Å². The molecule has 2 aromatic carbocycles. The molecule has 4 rings (SSSR count). The Hall–Kier alpha value is -2.81. The first-order valence-electron chi connectivity index (χ1n) is 9.30. The van der Waals surface area contributed by atoms with Crippen LogP contribution in [-0.4, -0.2) is 17.4 Å². The molecular formula is C23H23NO2. The summed E-state index contributed by atoms with van der Waals surface area (Å²) >= 11 is 0. The van der Waals surface area contributed by atoms with Gasteiger partial charge in [0.05, 0.1) is 0 Å². The Balaban J connectivity index is 1.75. The zero-order valence-electron chi connectivity index (χ0n) is 15.1. The van der Waals surface area contributed by atoms with E-state index in [4.69, 9.17) is 4.42 Å². The largest absolute Gasteiger partial charge is 0.455 e. The van der Waals surface area contributed by atoms with Gasteiger partial charge in [-0.2, -0.15) is 0 Å². The van der Waals surface area contributed by atoms with Crippen LogP contribution in [0.2, 0.25) is 0 Å². The summed E-state index contributed by atoms with van der Waals surface area (Å²) in [5.74, 6) is 1.32. The maximum Gasteiger partial charge on any atom is 0.290 e. The van der Waals surface area contributed by atoms with Crippen LogP contribution in [0.25, 0.3) is 11.1 Å². The molecule has 2 heterocycles. The van der Waals surface area contributed by atoms with Gasteiger partial charge in [0.25, 0.3) is 5.91 Å². The highest BCUT2D eigenvalue weighted by atomic mass is 16.4. The third-order valence-corrected chi connectivity index (χ3v) is 4.94. The molecule has 1 aromatic heterocycles. The van der Waals surface area contributed by atoms with Gasteiger partial charge >= 0.3 is 0 Å². The van der Waals surface area contributed by atoms with E-state index in [1.54, 1.807) is 0 Å². The summed E-state index contributed by atoms with van der Waals surface area (Å²) < 4.78 is 6.08. The van der Waals surface area contributed by atoms with Gasteiger partial charge in [0, 0.05) is 25.1 Å². The van der Waals surface area contributed by atoms with Crippen LogP contribution in [-0.2, 0) is 13.0 Å². The molecule has 0 N–H and O–H groups in total. The number of carbonyl (C=O) groups is 1. The quantitative estimate of drug-likeness (QED) is 0.629. The number of rotatable bonds is 5. The molecule has 3 aromatic rings. The fraction of sp³-hybridized carbons (Fsp3) is 0.261. The number of fused-ring (bicyclic) bond motifs is 3. The Morgan fingerprint density at radius 3 is 2.58 bits per heavy atom. The highest BCUT2D eigenvalue weighted by Gasteiger charge is 2.29. The van der Waals surface area contributed by atoms with Crippen LogP contribution in [0.1, 0.15) is 47.2 Å². The summed E-state index contributed by atoms with van der Waals surface area (Å²) in [4.78, 5) is 15.0. The van der Waals surface area contributed by atoms with Crippen molar-refractivity contribution in [1.29, 1.82) is 0 Å². The van der Waals surface area contributed by atoms with Crippen LogP contribution < -0.4 is 0 Å². The van der Waals surface area contributed by atoms with Crippen LogP contribution in [0.5, 0.6) is 0 Å². The number of benzene rings is 2. The summed E-state index contributed by atoms with van der Waals surface area (Å²) in [6.45, 7) is 3.55. The van der Waals surface area contributed by atoms with E-state index in [0.717, 1.165) is 36.3 Å². The summed E-state index contributed by atoms with van der Waals surface area (Å²) in [6.07, 6.45) is 2.76. The Labute approximate surface area is 154 Å². The van der Waals surface area contributed by atoms with Gasteiger partial charge in [0.1, 0.15) is 5.76 Å². The van der Waals surface area contributed by atoms with E-state index in [0.29, 0.717) is 18.7 Å². The molecule has 3 nitrogen and oxygen atoms in total. The molecule has 1 amide bonds. The molecule has 0 saturated carbocycles. The van der Waals surface area contributed by atoms with E-state index in [2.05, 4.69) is 31.2 Å². The van der Waals surface area contributed by atoms with Gasteiger partial charge in [-0.05, 0) is 29.2 Å². The van der Waals surface area contributed by atoms with Crippen molar-refractivity contribution in [3.8, 4) is 11.1 Å². The second-order valence-corrected chi connectivity index (χ2v) is 6.86. The van der Waals surface area contributed by atoms with Crippen LogP contribution in [0.3, 0.4) is 0 Å². The highest BCUT2D eigenvalue weighted by Crippen LogP contribution is 2.35. The fourth-order valence-electron chi connectivity index (χ4n) is 3.56. The number of hydrogen-bond acceptors (Lipinski definition) is 2. The normalized spacial score (nSPS) is 13.3. The smallest absolute Gasteiger partial charge is 0.290 e. The average Bonchev–Trinajstić information content (AvgIpc) is 3.05. The molecule has 0 atom stereocenters. The summed E-state index contributed by atoms with van der Waals surface area (Å²) in [5.41, 5.74) is 4.40. The van der Waals surface area contributed by atoms with Gasteiger partial charge < -0.3 is 9.32 Å². The highest BCUT2D eigenvalue weighted by molar-refractivity contribution is 6.00. The number of furan rings is 1. The summed E-state index contributed by atoms with van der Waals surface area (Å²) in [5, 5.41) is 0. The van der Waals surface area contributed by atoms with Crippen molar-refractivity contribution in [1.82, 2.24) is 4.90 Å². The lowest BCUT2D eigenvalue weighted by molar-refractivity contribution is 0.0711. The van der Waals surface area contributed by atoms with Gasteiger partial charge in [-0.25, -0.2) is 0 Å². The Morgan fingerprint density at radius 2 is 1.77 bits per heavy atom. The van der Waals surface area contributed by atoms with Gasteiger partial charge in [0.15, 0.2) is 5.76 Å². The molecule has 0 radical (unpaired) electrons. The summed E-state index contributed by atoms with van der Waals surface area (Å²) in [6, 6.07) is 20.5. The Bertz CT molecular complexity index is 911. The van der Waals surface area contributed by atoms with Gasteiger partial charge in [-0.15, -0.1) is 0 Å². The third kappa shape index (κ3) is 3.17. The number of amides is 1. The van der Waals surface area contributed by atoms with Gasteiger partial charge in [-0.3, -0.25) is 4.79 Å². The number of nitrogens with zero attached hydrogens (tertiary/aromatic N) is 1. The topological polar surface area (TPSA) is 33.5 Å². The summed E-state index contributed by atoms with van der Waals surface area (Å²) in [7, 11) is 0. The zero-order valence-corrected chi connectivity index (χ0v) is 15.1. The van der Waals surface area contributed by atoms with Gasteiger partial charge in [0.2, 0.25) is 0 Å². The van der Waals surface area contributed by atoms with Crippen molar-refractivity contribution < 1.29 is 9.21 Å². The molecule has 0 saturated heterocycles. The molecule has 0 aliphatic carbocycles. The van der Waals surface area contributed by atoms with Crippen LogP contribution in [0.15, 0.2) is 65.1 Å². The molecule has 3 heteroatoms. The number of unbranched alkanes of at least 4 members (excludes halogenated alkanes) is 1. The van der Waals surface area contributed by atoms with E-state index in [1.807, 2.05) is 41.3 Å². The van der Waals surface area contributed by atoms with Crippen molar-refractivity contribution in [2.24, 2.45) is 0 Å². The molecule has 132 valence electrons. The van der Waals surface area contributed by atoms with Crippen LogP contribution in [0.4, 0.5) is 0 Å². The molecule has 0 bridgehead atoms. The van der Waals surface area contributed by atoms with E-state index in [9.17, 15) is 4.79 Å². The molecule has 0 spiro atoms. The monoisotopic (exact) mass is 345 g/mol. The van der Waals surface area contributed by atoms with Crippen molar-refractivity contribution in [3.63, 3.8) is 0 Å². The van der Waals surface area contributed by atoms with Crippen LogP contribution in [0, 0.1) is 0 Å². The maximum absolute atomic E-state index is 13.1. The minimum absolute atomic E-state index is 0.00367. The van der Waals surface area contributed by atoms with E-state index in [-0.39, 0.29) is 5.91 Å². The van der Waals surface area contributed by atoms with Crippen molar-refractivity contribution in [2.45, 2.75) is 32.7 Å². The Morgan fingerprint density at radius 1 is 1.00 bits per heavy atom. The average molecular weight is 345 g/mol. The fourth-order valence-corrected chi connectivity index (χ4v) is 3.56. The van der Waals surface area contributed by atoms with Crippen molar-refractivity contribution >= 4 is 5.91 Å². The second-order valence-electron chi connectivity index (χ2n) is 6.86. The van der Waals surface area contributed by atoms with Crippen molar-refractivity contribution in [3.05, 3.63) is 83.3 Å². The first-order chi connectivity index (χ1) is 12.8. The standard InChI is InChI=1S/C23H23NO2/c1-2-3-13-24-16-18-11-7-8-12-20(18)21-15-19(26-22(21)23(24)25)14-17-9-5-4-6-10-17/h4-12,15H,2-3,13-14,16H2,1H3. The SMILES string of the molecule is CCCCN1Cc2ccccc2-c2cc(Cc3ccccc3)oc2C1=O. The lowest BCUT2D eigenvalue weighted by Gasteiger charge is -2.20. The lowest BCUT2D eigenvalue weighted by atomic mass is 10.0. The predicted octanol–water partition coefficient (Wildman–Crippen LogP) is 5.29. The number of carbonyl (C=O) groups excluding carboxylic acids is 1. The first kappa shape index (κ1) is 16.6. The second kappa shape index (κ2) is 7.20. The van der Waals surface area contributed by atoms with E-state index >= 15 is 0 Å². The van der Waals surface area contributed by atoms with E-state index < -0.39 is 0 Å². The van der Waals surface area contributed by atoms with E-state index in [1.165, 1.54) is 11.1 Å². The zero-order chi connectivity index (χ0) is 17.9. The molecule has 26 heavy (non-hydrogen) atoms. The molecule has 1 aliphatic heterocycles. The Kier molecular flexibility index (Phi) is 4.61. The predicted molar refractivity (Wildman–Crippen MR) is 103 cm³/mol. The molecule has 1 aliphatic rings. The minimum Gasteiger partial charge on any atom is -0.455 e. The third-order valence-electron chi connectivity index (χ3n) is 4.94. The van der Waals surface area contributed by atoms with Crippen LogP contribution >= 0.6 is 0 Å². The van der Waals surface area contributed by atoms with Crippen molar-refractivity contribution in [2.75, 3.05) is 6.54 Å². The molecule has 0 unspecified atom stereocenters. The lowest BCUT2D eigenvalue weighted by Crippen LogP contribution is -2.30. The number of hydrogen-bond donors (Lipinski definition) is 0. The maximum atomic E-state index is 13.1. The molecular weight excluding hydrogens is 322 g/mol. The molecule has 0 fully saturated rings. The minimum atomic E-state index is 0.00367. The first-order valence-corrected chi connectivity index (χ1v) is 9.30.